The van der Waals surface area contributed by atoms with Crippen LogP contribution in [0.1, 0.15) is 48.7 Å². The van der Waals surface area contributed by atoms with Crippen molar-refractivity contribution in [2.45, 2.75) is 45.4 Å². The molecule has 1 aliphatic rings. The summed E-state index contributed by atoms with van der Waals surface area (Å²) in [4.78, 5) is 24.8. The number of anilines is 1. The van der Waals surface area contributed by atoms with Crippen molar-refractivity contribution in [2.24, 2.45) is 0 Å². The van der Waals surface area contributed by atoms with E-state index in [1.165, 1.54) is 0 Å². The zero-order chi connectivity index (χ0) is 24.0. The van der Waals surface area contributed by atoms with Gasteiger partial charge in [0.05, 0.1) is 23.8 Å². The minimum atomic E-state index is -0.592. The Morgan fingerprint density at radius 3 is 2.70 bits per heavy atom. The largest absolute Gasteiger partial charge is 0.487 e. The van der Waals surface area contributed by atoms with Crippen LogP contribution in [0.2, 0.25) is 5.02 Å². The molecule has 176 valence electrons. The standard InChI is InChI=1S/C25H29ClN2O5/c1-5-17-13-18(7-9-22(17)32-19-10-11-31-15-19)28-23(29)20-12-16(6-8-21(20)26)14-27-24(30)33-25(2,3)4/h5-9,12-13,19H,1,10-11,14-15H2,2-4H3,(H,27,30)(H,28,29). The topological polar surface area (TPSA) is 85.9 Å². The Kier molecular flexibility index (Phi) is 8.00. The molecule has 0 radical (unpaired) electrons. The lowest BCUT2D eigenvalue weighted by Gasteiger charge is -2.19. The van der Waals surface area contributed by atoms with Crippen LogP contribution in [0.5, 0.6) is 5.75 Å². The molecule has 2 N–H and O–H groups in total. The number of alkyl carbamates (subject to hydrolysis) is 1. The Morgan fingerprint density at radius 2 is 2.03 bits per heavy atom. The number of halogens is 1. The summed E-state index contributed by atoms with van der Waals surface area (Å²) >= 11 is 6.27. The summed E-state index contributed by atoms with van der Waals surface area (Å²) in [5.41, 5.74) is 1.76. The van der Waals surface area contributed by atoms with Crippen LogP contribution in [0, 0.1) is 0 Å². The van der Waals surface area contributed by atoms with E-state index in [4.69, 9.17) is 25.8 Å². The van der Waals surface area contributed by atoms with Gasteiger partial charge in [0.15, 0.2) is 0 Å². The molecular weight excluding hydrogens is 444 g/mol. The quantitative estimate of drug-likeness (QED) is 0.561. The van der Waals surface area contributed by atoms with Crippen molar-refractivity contribution in [1.82, 2.24) is 5.32 Å². The first-order valence-corrected chi connectivity index (χ1v) is 11.1. The van der Waals surface area contributed by atoms with E-state index in [2.05, 4.69) is 17.2 Å². The van der Waals surface area contributed by atoms with Crippen LogP contribution in [0.15, 0.2) is 43.0 Å². The van der Waals surface area contributed by atoms with E-state index in [9.17, 15) is 9.59 Å². The average molecular weight is 473 g/mol. The SMILES string of the molecule is C=Cc1cc(NC(=O)c2cc(CNC(=O)OC(C)(C)C)ccc2Cl)ccc1OC1CCOC1. The van der Waals surface area contributed by atoms with Crippen LogP contribution in [0.25, 0.3) is 6.08 Å². The molecule has 1 saturated heterocycles. The number of carbonyl (C=O) groups excluding carboxylic acids is 2. The second-order valence-electron chi connectivity index (χ2n) is 8.68. The normalized spacial score (nSPS) is 15.6. The number of rotatable bonds is 7. The highest BCUT2D eigenvalue weighted by atomic mass is 35.5. The third-order valence-electron chi connectivity index (χ3n) is 4.78. The number of hydrogen-bond donors (Lipinski definition) is 2. The third kappa shape index (κ3) is 7.23. The Hall–Kier alpha value is -3.03. The van der Waals surface area contributed by atoms with Gasteiger partial charge in [0.2, 0.25) is 0 Å². The van der Waals surface area contributed by atoms with Crippen LogP contribution in [-0.2, 0) is 16.0 Å². The highest BCUT2D eigenvalue weighted by Gasteiger charge is 2.19. The number of benzene rings is 2. The average Bonchev–Trinajstić information content (AvgIpc) is 3.26. The van der Waals surface area contributed by atoms with Gasteiger partial charge in [0.1, 0.15) is 17.5 Å². The lowest BCUT2D eigenvalue weighted by atomic mass is 10.1. The van der Waals surface area contributed by atoms with Gasteiger partial charge in [0.25, 0.3) is 5.91 Å². The molecule has 2 aromatic rings. The fourth-order valence-corrected chi connectivity index (χ4v) is 3.43. The van der Waals surface area contributed by atoms with Crippen molar-refractivity contribution in [2.75, 3.05) is 18.5 Å². The maximum Gasteiger partial charge on any atom is 0.407 e. The first-order valence-electron chi connectivity index (χ1n) is 10.7. The van der Waals surface area contributed by atoms with Crippen LogP contribution >= 0.6 is 11.6 Å². The van der Waals surface area contributed by atoms with E-state index in [0.717, 1.165) is 12.0 Å². The zero-order valence-corrected chi connectivity index (χ0v) is 19.8. The van der Waals surface area contributed by atoms with Gasteiger partial charge in [-0.05, 0) is 56.7 Å². The summed E-state index contributed by atoms with van der Waals surface area (Å²) in [6, 6.07) is 10.4. The Labute approximate surface area is 199 Å². The molecule has 2 amide bonds. The lowest BCUT2D eigenvalue weighted by molar-refractivity contribution is 0.0523. The summed E-state index contributed by atoms with van der Waals surface area (Å²) in [5.74, 6) is 0.318. The monoisotopic (exact) mass is 472 g/mol. The molecule has 1 atom stereocenters. The molecule has 0 spiro atoms. The Morgan fingerprint density at radius 1 is 1.24 bits per heavy atom. The molecule has 0 saturated carbocycles. The second-order valence-corrected chi connectivity index (χ2v) is 9.09. The number of carbonyl (C=O) groups is 2. The van der Waals surface area contributed by atoms with Gasteiger partial charge in [-0.1, -0.05) is 30.3 Å². The van der Waals surface area contributed by atoms with Gasteiger partial charge in [0, 0.05) is 24.2 Å². The predicted molar refractivity (Wildman–Crippen MR) is 129 cm³/mol. The van der Waals surface area contributed by atoms with E-state index >= 15 is 0 Å². The molecule has 7 nitrogen and oxygen atoms in total. The summed E-state index contributed by atoms with van der Waals surface area (Å²) in [5, 5.41) is 5.83. The van der Waals surface area contributed by atoms with Crippen LogP contribution in [0.4, 0.5) is 10.5 Å². The molecule has 1 fully saturated rings. The van der Waals surface area contributed by atoms with E-state index in [1.807, 2.05) is 0 Å². The Balaban J connectivity index is 1.67. The molecule has 1 unspecified atom stereocenters. The summed E-state index contributed by atoms with van der Waals surface area (Å²) in [6.07, 6.45) is 2.00. The van der Waals surface area contributed by atoms with Crippen molar-refractivity contribution in [1.29, 1.82) is 0 Å². The fraction of sp³-hybridized carbons (Fsp3) is 0.360. The van der Waals surface area contributed by atoms with Gasteiger partial charge in [-0.3, -0.25) is 4.79 Å². The van der Waals surface area contributed by atoms with Gasteiger partial charge in [-0.2, -0.15) is 0 Å². The minimum absolute atomic E-state index is 0.0139. The summed E-state index contributed by atoms with van der Waals surface area (Å²) in [7, 11) is 0. The summed E-state index contributed by atoms with van der Waals surface area (Å²) < 4.78 is 16.6. The molecule has 3 rings (SSSR count). The van der Waals surface area contributed by atoms with E-state index in [0.29, 0.717) is 40.8 Å². The maximum atomic E-state index is 12.9. The molecule has 0 bridgehead atoms. The smallest absolute Gasteiger partial charge is 0.407 e. The third-order valence-corrected chi connectivity index (χ3v) is 5.11. The van der Waals surface area contributed by atoms with Gasteiger partial charge < -0.3 is 24.8 Å². The van der Waals surface area contributed by atoms with Crippen molar-refractivity contribution < 1.29 is 23.8 Å². The van der Waals surface area contributed by atoms with E-state index < -0.39 is 11.7 Å². The minimum Gasteiger partial charge on any atom is -0.487 e. The number of hydrogen-bond acceptors (Lipinski definition) is 5. The number of ether oxygens (including phenoxy) is 3. The first-order chi connectivity index (χ1) is 15.6. The lowest BCUT2D eigenvalue weighted by Crippen LogP contribution is -2.32. The fourth-order valence-electron chi connectivity index (χ4n) is 3.22. The molecule has 0 aromatic heterocycles. The van der Waals surface area contributed by atoms with Gasteiger partial charge in [-0.25, -0.2) is 4.79 Å². The second kappa shape index (κ2) is 10.7. The van der Waals surface area contributed by atoms with Crippen molar-refractivity contribution >= 4 is 35.4 Å². The molecule has 33 heavy (non-hydrogen) atoms. The van der Waals surface area contributed by atoms with Crippen LogP contribution in [0.3, 0.4) is 0 Å². The van der Waals surface area contributed by atoms with Gasteiger partial charge >= 0.3 is 6.09 Å². The molecular formula is C25H29ClN2O5. The highest BCUT2D eigenvalue weighted by molar-refractivity contribution is 6.34. The van der Waals surface area contributed by atoms with Crippen molar-refractivity contribution in [3.63, 3.8) is 0 Å². The van der Waals surface area contributed by atoms with Crippen LogP contribution < -0.4 is 15.4 Å². The maximum absolute atomic E-state index is 12.9. The van der Waals surface area contributed by atoms with Gasteiger partial charge in [-0.15, -0.1) is 0 Å². The van der Waals surface area contributed by atoms with E-state index in [-0.39, 0.29) is 18.6 Å². The Bertz CT molecular complexity index is 1030. The van der Waals surface area contributed by atoms with Crippen LogP contribution in [-0.4, -0.2) is 36.9 Å². The first kappa shape index (κ1) is 24.6. The molecule has 0 aliphatic carbocycles. The predicted octanol–water partition coefficient (Wildman–Crippen LogP) is 5.43. The van der Waals surface area contributed by atoms with Crippen molar-refractivity contribution in [3.8, 4) is 5.75 Å². The number of amides is 2. The van der Waals surface area contributed by atoms with E-state index in [1.54, 1.807) is 63.2 Å². The molecule has 2 aromatic carbocycles. The number of nitrogens with one attached hydrogen (secondary N) is 2. The summed E-state index contributed by atoms with van der Waals surface area (Å²) in [6.45, 7) is 10.7. The molecule has 1 heterocycles. The zero-order valence-electron chi connectivity index (χ0n) is 19.1. The van der Waals surface area contributed by atoms with Crippen molar-refractivity contribution in [3.05, 3.63) is 64.7 Å². The highest BCUT2D eigenvalue weighted by Crippen LogP contribution is 2.27. The molecule has 8 heteroatoms. The molecule has 1 aliphatic heterocycles.